The lowest BCUT2D eigenvalue weighted by molar-refractivity contribution is -0.384. The normalized spacial score (nSPS) is 28.4. The van der Waals surface area contributed by atoms with E-state index in [1.54, 1.807) is 12.1 Å². The molecule has 0 spiro atoms. The third-order valence-electron chi connectivity index (χ3n) is 7.24. The molecule has 1 aliphatic heterocycles. The molecule has 36 heavy (non-hydrogen) atoms. The second-order valence-electron chi connectivity index (χ2n) is 9.06. The van der Waals surface area contributed by atoms with Crippen LogP contribution in [-0.2, 0) is 9.59 Å². The number of fused-ring (bicyclic) bond motifs is 5. The van der Waals surface area contributed by atoms with Crippen LogP contribution in [0.15, 0.2) is 48.5 Å². The molecule has 0 radical (unpaired) electrons. The molecule has 2 aliphatic carbocycles. The Morgan fingerprint density at radius 1 is 1.00 bits per heavy atom. The van der Waals surface area contributed by atoms with Crippen LogP contribution < -0.4 is 0 Å². The Morgan fingerprint density at radius 3 is 2.08 bits per heavy atom. The minimum absolute atomic E-state index is 0.00918. The maximum atomic E-state index is 13.6. The van der Waals surface area contributed by atoms with Gasteiger partial charge in [-0.15, -0.1) is 0 Å². The monoisotopic (exact) mass is 637 g/mol. The van der Waals surface area contributed by atoms with E-state index < -0.39 is 46.8 Å². The van der Waals surface area contributed by atoms with Crippen molar-refractivity contribution in [3.63, 3.8) is 0 Å². The Bertz CT molecular complexity index is 1270. The van der Waals surface area contributed by atoms with E-state index in [-0.39, 0.29) is 43.3 Å². The van der Waals surface area contributed by atoms with Crippen LogP contribution in [0.4, 0.5) is 5.69 Å². The van der Waals surface area contributed by atoms with E-state index in [9.17, 15) is 29.3 Å². The summed E-state index contributed by atoms with van der Waals surface area (Å²) in [7, 11) is 0. The SMILES string of the molecule is O=C(CN(C(=O)c1ccccc1Cl)N1C(=O)[C@@H]2[C@H]3C[C@@H]([C@H](Br)[C@H]3Br)[C@@H]2C1=O)c1ccc([N+](=O)[O-])cc1. The molecule has 2 aromatic rings. The van der Waals surface area contributed by atoms with Gasteiger partial charge >= 0.3 is 0 Å². The molecule has 2 aromatic carbocycles. The van der Waals surface area contributed by atoms with Gasteiger partial charge in [0.05, 0.1) is 27.3 Å². The number of imide groups is 1. The van der Waals surface area contributed by atoms with Gasteiger partial charge < -0.3 is 0 Å². The first-order valence-electron chi connectivity index (χ1n) is 11.1. The predicted molar refractivity (Wildman–Crippen MR) is 136 cm³/mol. The lowest BCUT2D eigenvalue weighted by Gasteiger charge is -2.31. The van der Waals surface area contributed by atoms with Gasteiger partial charge in [-0.3, -0.25) is 29.3 Å². The lowest BCUT2D eigenvalue weighted by Crippen LogP contribution is -2.52. The van der Waals surface area contributed by atoms with Crippen LogP contribution in [0.3, 0.4) is 0 Å². The molecule has 0 aromatic heterocycles. The highest BCUT2D eigenvalue weighted by atomic mass is 79.9. The number of Topliss-reactive ketones (excluding diaryl/α,β-unsaturated/α-hetero) is 1. The average molecular weight is 640 g/mol. The first-order valence-corrected chi connectivity index (χ1v) is 13.3. The minimum Gasteiger partial charge on any atom is -0.292 e. The van der Waals surface area contributed by atoms with Crippen LogP contribution in [0.5, 0.6) is 0 Å². The molecule has 2 saturated carbocycles. The van der Waals surface area contributed by atoms with E-state index in [1.807, 2.05) is 0 Å². The van der Waals surface area contributed by atoms with Gasteiger partial charge in [-0.1, -0.05) is 55.6 Å². The number of nitro groups is 1. The largest absolute Gasteiger partial charge is 0.292 e. The highest BCUT2D eigenvalue weighted by molar-refractivity contribution is 9.12. The van der Waals surface area contributed by atoms with Crippen molar-refractivity contribution in [3.05, 3.63) is 74.8 Å². The molecule has 3 aliphatic rings. The van der Waals surface area contributed by atoms with Gasteiger partial charge in [-0.05, 0) is 42.5 Å². The quantitative estimate of drug-likeness (QED) is 0.153. The number of hydrogen-bond donors (Lipinski definition) is 0. The topological polar surface area (TPSA) is 118 Å². The van der Waals surface area contributed by atoms with Crippen molar-refractivity contribution in [1.29, 1.82) is 0 Å². The third-order valence-corrected chi connectivity index (χ3v) is 10.8. The second kappa shape index (κ2) is 9.35. The van der Waals surface area contributed by atoms with Gasteiger partial charge in [0.1, 0.15) is 6.54 Å². The van der Waals surface area contributed by atoms with Gasteiger partial charge in [0, 0.05) is 27.4 Å². The van der Waals surface area contributed by atoms with Gasteiger partial charge in [0.25, 0.3) is 23.4 Å². The van der Waals surface area contributed by atoms with Crippen molar-refractivity contribution in [2.45, 2.75) is 16.1 Å². The number of non-ortho nitro benzene ring substituents is 1. The maximum Gasteiger partial charge on any atom is 0.274 e. The molecule has 12 heteroatoms. The van der Waals surface area contributed by atoms with Crippen molar-refractivity contribution >= 4 is 72.7 Å². The first kappa shape index (κ1) is 25.0. The summed E-state index contributed by atoms with van der Waals surface area (Å²) in [5.41, 5.74) is -0.0663. The fourth-order valence-electron chi connectivity index (χ4n) is 5.57. The molecule has 3 amide bonds. The molecule has 9 nitrogen and oxygen atoms in total. The summed E-state index contributed by atoms with van der Waals surface area (Å²) in [6.45, 7) is -0.621. The molecule has 0 N–H and O–H groups in total. The van der Waals surface area contributed by atoms with Crippen molar-refractivity contribution in [2.75, 3.05) is 6.54 Å². The molecule has 0 unspecified atom stereocenters. The lowest BCUT2D eigenvalue weighted by atomic mass is 9.81. The summed E-state index contributed by atoms with van der Waals surface area (Å²) < 4.78 is 0. The number of hydrogen-bond acceptors (Lipinski definition) is 6. The molecule has 5 rings (SSSR count). The van der Waals surface area contributed by atoms with Gasteiger partial charge in [0.15, 0.2) is 5.78 Å². The fourth-order valence-corrected chi connectivity index (χ4v) is 7.66. The number of hydrazine groups is 1. The number of alkyl halides is 2. The summed E-state index contributed by atoms with van der Waals surface area (Å²) in [4.78, 5) is 64.3. The summed E-state index contributed by atoms with van der Waals surface area (Å²) in [6.07, 6.45) is 0.715. The molecule has 2 bridgehead atoms. The Morgan fingerprint density at radius 2 is 1.56 bits per heavy atom. The molecular weight excluding hydrogens is 622 g/mol. The molecule has 6 atom stereocenters. The van der Waals surface area contributed by atoms with Crippen LogP contribution in [0.2, 0.25) is 5.02 Å². The van der Waals surface area contributed by atoms with Crippen LogP contribution in [0, 0.1) is 33.8 Å². The Balaban J connectivity index is 1.50. The van der Waals surface area contributed by atoms with Crippen LogP contribution in [-0.4, -0.2) is 54.6 Å². The van der Waals surface area contributed by atoms with E-state index >= 15 is 0 Å². The van der Waals surface area contributed by atoms with Gasteiger partial charge in [0.2, 0.25) is 0 Å². The van der Waals surface area contributed by atoms with Crippen molar-refractivity contribution in [3.8, 4) is 0 Å². The summed E-state index contributed by atoms with van der Waals surface area (Å²) >= 11 is 13.5. The van der Waals surface area contributed by atoms with E-state index in [1.165, 1.54) is 36.4 Å². The standard InChI is InChI=1S/C24H18Br2ClN3O6/c25-20-14-9-15(21(20)26)19-18(14)23(33)29(24(19)34)28(22(32)13-3-1-2-4-16(13)27)10-17(31)11-5-7-12(8-6-11)30(35)36/h1-8,14-15,18-21H,9-10H2/t14-,15-,18-,19+,20+,21+/m1/s1. The van der Waals surface area contributed by atoms with Crippen LogP contribution in [0.1, 0.15) is 27.1 Å². The van der Waals surface area contributed by atoms with Crippen LogP contribution in [0.25, 0.3) is 0 Å². The molecular formula is C24H18Br2ClN3O6. The number of carbonyl (C=O) groups excluding carboxylic acids is 4. The Kier molecular flexibility index (Phi) is 6.50. The number of rotatable bonds is 6. The van der Waals surface area contributed by atoms with Crippen LogP contribution >= 0.6 is 43.5 Å². The molecule has 186 valence electrons. The summed E-state index contributed by atoms with van der Waals surface area (Å²) in [5, 5.41) is 12.7. The first-order chi connectivity index (χ1) is 17.1. The Labute approximate surface area is 227 Å². The molecule has 1 saturated heterocycles. The van der Waals surface area contributed by atoms with Crippen molar-refractivity contribution in [2.24, 2.45) is 23.7 Å². The number of carbonyl (C=O) groups is 4. The number of amides is 3. The second-order valence-corrected chi connectivity index (χ2v) is 11.6. The number of benzene rings is 2. The van der Waals surface area contributed by atoms with Gasteiger partial charge in [-0.25, -0.2) is 5.01 Å². The predicted octanol–water partition coefficient (Wildman–Crippen LogP) is 4.27. The number of ketones is 1. The van der Waals surface area contributed by atoms with E-state index in [4.69, 9.17) is 11.6 Å². The zero-order valence-electron chi connectivity index (χ0n) is 18.4. The zero-order chi connectivity index (χ0) is 25.9. The van der Waals surface area contributed by atoms with Crippen molar-refractivity contribution < 1.29 is 24.1 Å². The zero-order valence-corrected chi connectivity index (χ0v) is 22.4. The van der Waals surface area contributed by atoms with E-state index in [0.717, 1.165) is 10.0 Å². The van der Waals surface area contributed by atoms with E-state index in [2.05, 4.69) is 31.9 Å². The minimum atomic E-state index is -0.768. The summed E-state index contributed by atoms with van der Waals surface area (Å²) in [5.74, 6) is -3.72. The Hall–Kier alpha value is -2.63. The van der Waals surface area contributed by atoms with Gasteiger partial charge in [-0.2, -0.15) is 5.01 Å². The fraction of sp³-hybridized carbons (Fsp3) is 0.333. The third kappa shape index (κ3) is 3.88. The molecule has 1 heterocycles. The smallest absolute Gasteiger partial charge is 0.274 e. The van der Waals surface area contributed by atoms with E-state index in [0.29, 0.717) is 6.42 Å². The number of nitrogens with zero attached hydrogens (tertiary/aromatic N) is 3. The highest BCUT2D eigenvalue weighted by Gasteiger charge is 2.67. The number of nitro benzene ring substituents is 1. The summed E-state index contributed by atoms with van der Waals surface area (Å²) in [6, 6.07) is 11.1. The highest BCUT2D eigenvalue weighted by Crippen LogP contribution is 2.60. The molecule has 3 fully saturated rings. The maximum absolute atomic E-state index is 13.6. The average Bonchev–Trinajstić information content (AvgIpc) is 3.47. The number of halogens is 3. The van der Waals surface area contributed by atoms with Crippen molar-refractivity contribution in [1.82, 2.24) is 10.0 Å².